The maximum Gasteiger partial charge on any atom is 0.252 e. The molecular weight excluding hydrogens is 277 g/mol. The molecule has 1 aromatic rings. The van der Waals surface area contributed by atoms with Crippen molar-refractivity contribution in [3.05, 3.63) is 35.1 Å². The number of carbonyl (C=O) groups is 1. The second kappa shape index (κ2) is 6.01. The van der Waals surface area contributed by atoms with E-state index >= 15 is 0 Å². The van der Waals surface area contributed by atoms with E-state index in [4.69, 9.17) is 18.0 Å². The quantitative estimate of drug-likeness (QED) is 0.660. The van der Waals surface area contributed by atoms with Crippen molar-refractivity contribution in [3.8, 4) is 0 Å². The number of thiocarbonyl (C=S) groups is 1. The molecule has 0 saturated carbocycles. The summed E-state index contributed by atoms with van der Waals surface area (Å²) in [5.74, 6) is -5.34. The maximum absolute atomic E-state index is 13.0. The third-order valence-electron chi connectivity index (χ3n) is 2.51. The van der Waals surface area contributed by atoms with Gasteiger partial charge in [0.25, 0.3) is 5.91 Å². The number of amides is 1. The molecular formula is C12H13F3N2OS. The Labute approximate surface area is 114 Å². The van der Waals surface area contributed by atoms with Gasteiger partial charge in [0.2, 0.25) is 0 Å². The van der Waals surface area contributed by atoms with E-state index < -0.39 is 29.4 Å². The largest absolute Gasteiger partial charge is 0.392 e. The minimum atomic E-state index is -1.62. The van der Waals surface area contributed by atoms with Gasteiger partial charge in [-0.05, 0) is 18.1 Å². The predicted molar refractivity (Wildman–Crippen MR) is 69.2 cm³/mol. The number of benzene rings is 1. The lowest BCUT2D eigenvalue weighted by Gasteiger charge is -2.21. The molecule has 0 fully saturated rings. The molecule has 0 aliphatic heterocycles. The molecule has 0 aliphatic rings. The van der Waals surface area contributed by atoms with Crippen LogP contribution in [0.1, 0.15) is 24.2 Å². The van der Waals surface area contributed by atoms with Crippen molar-refractivity contribution in [3.63, 3.8) is 0 Å². The van der Waals surface area contributed by atoms with E-state index in [0.717, 1.165) is 0 Å². The number of rotatable bonds is 4. The maximum atomic E-state index is 13.0. The minimum absolute atomic E-state index is 0.0615. The zero-order chi connectivity index (χ0) is 14.7. The number of nitrogens with two attached hydrogens (primary N) is 1. The summed E-state index contributed by atoms with van der Waals surface area (Å²) in [6.07, 6.45) is 0. The smallest absolute Gasteiger partial charge is 0.252 e. The first-order valence-corrected chi connectivity index (χ1v) is 5.89. The third kappa shape index (κ3) is 3.66. The third-order valence-corrected chi connectivity index (χ3v) is 2.76. The lowest BCUT2D eigenvalue weighted by atomic mass is 10.0. The lowest BCUT2D eigenvalue weighted by molar-refractivity contribution is 0.0938. The highest BCUT2D eigenvalue weighted by Crippen LogP contribution is 2.14. The van der Waals surface area contributed by atoms with Crippen LogP contribution in [-0.4, -0.2) is 16.9 Å². The van der Waals surface area contributed by atoms with Gasteiger partial charge in [-0.2, -0.15) is 0 Å². The first kappa shape index (κ1) is 15.4. The van der Waals surface area contributed by atoms with Crippen molar-refractivity contribution < 1.29 is 18.0 Å². The van der Waals surface area contributed by atoms with Crippen molar-refractivity contribution >= 4 is 23.1 Å². The van der Waals surface area contributed by atoms with Crippen LogP contribution in [0.15, 0.2) is 12.1 Å². The molecule has 3 nitrogen and oxygen atoms in total. The Bertz CT molecular complexity index is 497. The van der Waals surface area contributed by atoms with E-state index in [1.54, 1.807) is 13.8 Å². The van der Waals surface area contributed by atoms with Crippen molar-refractivity contribution in [1.82, 2.24) is 5.32 Å². The van der Waals surface area contributed by atoms with Gasteiger partial charge in [-0.15, -0.1) is 0 Å². The summed E-state index contributed by atoms with van der Waals surface area (Å²) in [6, 6.07) is 0.619. The molecule has 0 saturated heterocycles. The molecule has 0 aromatic heterocycles. The Morgan fingerprint density at radius 2 is 1.74 bits per heavy atom. The molecule has 1 aromatic carbocycles. The second-order valence-corrected chi connectivity index (χ2v) is 4.82. The molecule has 104 valence electrons. The van der Waals surface area contributed by atoms with Crippen molar-refractivity contribution in [2.75, 3.05) is 0 Å². The average Bonchev–Trinajstić information content (AvgIpc) is 2.31. The van der Waals surface area contributed by atoms with Crippen LogP contribution in [0.3, 0.4) is 0 Å². The molecule has 0 radical (unpaired) electrons. The summed E-state index contributed by atoms with van der Waals surface area (Å²) in [6.45, 7) is 3.55. The van der Waals surface area contributed by atoms with Gasteiger partial charge in [0, 0.05) is 5.56 Å². The van der Waals surface area contributed by atoms with Crippen LogP contribution < -0.4 is 11.1 Å². The molecule has 1 rings (SSSR count). The van der Waals surface area contributed by atoms with Gasteiger partial charge in [0.05, 0.1) is 11.0 Å². The summed E-state index contributed by atoms with van der Waals surface area (Å²) in [5, 5.41) is 2.45. The first-order valence-electron chi connectivity index (χ1n) is 5.48. The molecule has 19 heavy (non-hydrogen) atoms. The van der Waals surface area contributed by atoms with Crippen LogP contribution in [0.25, 0.3) is 0 Å². The SMILES string of the molecule is CC(C)C(NC(=O)c1cc(F)c(F)c(F)c1)C(N)=S. The van der Waals surface area contributed by atoms with Gasteiger partial charge in [-0.25, -0.2) is 13.2 Å². The van der Waals surface area contributed by atoms with Gasteiger partial charge >= 0.3 is 0 Å². The van der Waals surface area contributed by atoms with Crippen molar-refractivity contribution in [1.29, 1.82) is 0 Å². The van der Waals surface area contributed by atoms with Crippen LogP contribution in [0.5, 0.6) is 0 Å². The molecule has 0 bridgehead atoms. The van der Waals surface area contributed by atoms with Crippen LogP contribution in [0.2, 0.25) is 0 Å². The van der Waals surface area contributed by atoms with Gasteiger partial charge in [0.15, 0.2) is 17.5 Å². The molecule has 0 heterocycles. The van der Waals surface area contributed by atoms with E-state index in [2.05, 4.69) is 5.32 Å². The Hall–Kier alpha value is -1.63. The zero-order valence-electron chi connectivity index (χ0n) is 10.3. The Morgan fingerprint density at radius 1 is 1.26 bits per heavy atom. The Kier molecular flexibility index (Phi) is 4.88. The second-order valence-electron chi connectivity index (χ2n) is 4.35. The van der Waals surface area contributed by atoms with Crippen molar-refractivity contribution in [2.24, 2.45) is 11.7 Å². The molecule has 0 aliphatic carbocycles. The summed E-state index contributed by atoms with van der Waals surface area (Å²) < 4.78 is 38.8. The molecule has 3 N–H and O–H groups in total. The van der Waals surface area contributed by atoms with Crippen LogP contribution in [0.4, 0.5) is 13.2 Å². The molecule has 1 atom stereocenters. The fraction of sp³-hybridized carbons (Fsp3) is 0.333. The highest BCUT2D eigenvalue weighted by atomic mass is 32.1. The molecule has 0 spiro atoms. The fourth-order valence-electron chi connectivity index (χ4n) is 1.48. The Balaban J connectivity index is 2.98. The normalized spacial score (nSPS) is 12.3. The zero-order valence-corrected chi connectivity index (χ0v) is 11.2. The van der Waals surface area contributed by atoms with E-state index in [1.807, 2.05) is 0 Å². The lowest BCUT2D eigenvalue weighted by Crippen LogP contribution is -2.46. The minimum Gasteiger partial charge on any atom is -0.392 e. The highest BCUT2D eigenvalue weighted by molar-refractivity contribution is 7.80. The topological polar surface area (TPSA) is 55.1 Å². The Morgan fingerprint density at radius 3 is 2.11 bits per heavy atom. The molecule has 1 amide bonds. The van der Waals surface area contributed by atoms with Crippen molar-refractivity contribution in [2.45, 2.75) is 19.9 Å². The van der Waals surface area contributed by atoms with E-state index in [-0.39, 0.29) is 16.5 Å². The number of nitrogens with one attached hydrogen (secondary N) is 1. The summed E-state index contributed by atoms with van der Waals surface area (Å²) in [5.41, 5.74) is 5.12. The molecule has 7 heteroatoms. The monoisotopic (exact) mass is 290 g/mol. The average molecular weight is 290 g/mol. The van der Waals surface area contributed by atoms with Crippen LogP contribution in [0, 0.1) is 23.4 Å². The van der Waals surface area contributed by atoms with E-state index in [9.17, 15) is 18.0 Å². The van der Waals surface area contributed by atoms with Gasteiger partial charge in [-0.1, -0.05) is 26.1 Å². The molecule has 1 unspecified atom stereocenters. The van der Waals surface area contributed by atoms with E-state index in [1.165, 1.54) is 0 Å². The number of hydrogen-bond acceptors (Lipinski definition) is 2. The fourth-order valence-corrected chi connectivity index (χ4v) is 1.81. The highest BCUT2D eigenvalue weighted by Gasteiger charge is 2.21. The van der Waals surface area contributed by atoms with Crippen LogP contribution in [-0.2, 0) is 0 Å². The van der Waals surface area contributed by atoms with E-state index in [0.29, 0.717) is 12.1 Å². The van der Waals surface area contributed by atoms with Gasteiger partial charge in [-0.3, -0.25) is 4.79 Å². The standard InChI is InChI=1S/C12H13F3N2OS/c1-5(2)10(11(16)19)17-12(18)6-3-7(13)9(15)8(14)4-6/h3-5,10H,1-2H3,(H2,16,19)(H,17,18). The van der Waals surface area contributed by atoms with Gasteiger partial charge < -0.3 is 11.1 Å². The summed E-state index contributed by atoms with van der Waals surface area (Å²) >= 11 is 4.79. The first-order chi connectivity index (χ1) is 8.73. The number of carbonyl (C=O) groups excluding carboxylic acids is 1. The summed E-state index contributed by atoms with van der Waals surface area (Å²) in [7, 11) is 0. The summed E-state index contributed by atoms with van der Waals surface area (Å²) in [4.78, 5) is 11.9. The van der Waals surface area contributed by atoms with Crippen LogP contribution >= 0.6 is 12.2 Å². The predicted octanol–water partition coefficient (Wildman–Crippen LogP) is 2.14. The van der Waals surface area contributed by atoms with Gasteiger partial charge in [0.1, 0.15) is 0 Å². The number of hydrogen-bond donors (Lipinski definition) is 2. The number of halogens is 3.